The molecule has 2 rings (SSSR count). The smallest absolute Gasteiger partial charge is 0.283 e. The third-order valence-electron chi connectivity index (χ3n) is 4.18. The van der Waals surface area contributed by atoms with Gasteiger partial charge in [-0.15, -0.1) is 11.6 Å². The van der Waals surface area contributed by atoms with E-state index in [4.69, 9.17) is 16.3 Å². The molecular formula is C23H28ClNO2S. The molecule has 0 aromatic heterocycles. The van der Waals surface area contributed by atoms with Gasteiger partial charge in [0.15, 0.2) is 0 Å². The molecule has 1 heterocycles. The summed E-state index contributed by atoms with van der Waals surface area (Å²) in [5, 5.41) is 2.85. The van der Waals surface area contributed by atoms with Crippen LogP contribution < -0.4 is 5.32 Å². The normalized spacial score (nSPS) is 16.8. The van der Waals surface area contributed by atoms with E-state index in [0.717, 1.165) is 49.1 Å². The van der Waals surface area contributed by atoms with Crippen molar-refractivity contribution in [1.29, 1.82) is 0 Å². The Kier molecular flexibility index (Phi) is 10.6. The van der Waals surface area contributed by atoms with Gasteiger partial charge in [-0.05, 0) is 72.1 Å². The Labute approximate surface area is 177 Å². The maximum atomic E-state index is 11.6. The molecule has 1 aromatic rings. The average molecular weight is 418 g/mol. The highest BCUT2D eigenvalue weighted by Gasteiger charge is 2.11. The average Bonchev–Trinajstić information content (AvgIpc) is 2.91. The van der Waals surface area contributed by atoms with Crippen molar-refractivity contribution >= 4 is 28.6 Å². The predicted molar refractivity (Wildman–Crippen MR) is 121 cm³/mol. The SMILES string of the molecule is C=C(\C=C/C=C(/C=C1/CCCNC(=O)S1)CCl)OCCCCc1ccccc1. The van der Waals surface area contributed by atoms with Gasteiger partial charge in [0.05, 0.1) is 6.61 Å². The van der Waals surface area contributed by atoms with E-state index in [0.29, 0.717) is 18.2 Å². The molecule has 5 heteroatoms. The number of alkyl halides is 1. The van der Waals surface area contributed by atoms with Gasteiger partial charge >= 0.3 is 0 Å². The summed E-state index contributed by atoms with van der Waals surface area (Å²) >= 11 is 7.29. The largest absolute Gasteiger partial charge is 0.494 e. The highest BCUT2D eigenvalue weighted by atomic mass is 35.5. The molecule has 0 unspecified atom stereocenters. The summed E-state index contributed by atoms with van der Waals surface area (Å²) in [6, 6.07) is 10.5. The summed E-state index contributed by atoms with van der Waals surface area (Å²) in [5.74, 6) is 1.03. The van der Waals surface area contributed by atoms with E-state index in [1.54, 1.807) is 0 Å². The minimum Gasteiger partial charge on any atom is -0.494 e. The Bertz CT molecular complexity index is 725. The van der Waals surface area contributed by atoms with Crippen LogP contribution in [-0.2, 0) is 11.2 Å². The lowest BCUT2D eigenvalue weighted by molar-refractivity contribution is 0.219. The van der Waals surface area contributed by atoms with Gasteiger partial charge in [-0.1, -0.05) is 49.1 Å². The van der Waals surface area contributed by atoms with E-state index in [1.807, 2.05) is 30.4 Å². The van der Waals surface area contributed by atoms with Crippen LogP contribution in [0, 0.1) is 0 Å². The predicted octanol–water partition coefficient (Wildman–Crippen LogP) is 6.38. The highest BCUT2D eigenvalue weighted by Crippen LogP contribution is 2.26. The number of benzene rings is 1. The molecule has 0 radical (unpaired) electrons. The fraction of sp³-hybridized carbons (Fsp3) is 0.348. The molecule has 1 N–H and O–H groups in total. The second-order valence-electron chi connectivity index (χ2n) is 6.52. The molecule has 1 fully saturated rings. The zero-order chi connectivity index (χ0) is 20.0. The standard InChI is InChI=1S/C23H28ClNO2S/c1-19(27-16-6-5-12-20-10-3-2-4-11-20)9-7-13-21(18-24)17-22-14-8-15-25-23(26)28-22/h2-4,7,9-11,13,17H,1,5-6,8,12,14-16,18H2,(H,25,26)/b9-7-,21-13-,22-17-. The van der Waals surface area contributed by atoms with Crippen LogP contribution in [0.3, 0.4) is 0 Å². The van der Waals surface area contributed by atoms with Crippen molar-refractivity contribution in [2.45, 2.75) is 32.1 Å². The lowest BCUT2D eigenvalue weighted by Gasteiger charge is -2.05. The van der Waals surface area contributed by atoms with Gasteiger partial charge in [0.1, 0.15) is 5.76 Å². The quantitative estimate of drug-likeness (QED) is 0.207. The lowest BCUT2D eigenvalue weighted by atomic mass is 10.1. The first-order valence-electron chi connectivity index (χ1n) is 9.62. The Morgan fingerprint density at radius 2 is 2.11 bits per heavy atom. The van der Waals surface area contributed by atoms with Crippen molar-refractivity contribution in [1.82, 2.24) is 5.32 Å². The van der Waals surface area contributed by atoms with Crippen molar-refractivity contribution in [3.63, 3.8) is 0 Å². The molecule has 150 valence electrons. The molecule has 28 heavy (non-hydrogen) atoms. The summed E-state index contributed by atoms with van der Waals surface area (Å²) < 4.78 is 5.66. The molecule has 1 amide bonds. The molecule has 1 aliphatic rings. The van der Waals surface area contributed by atoms with Crippen LogP contribution in [0.4, 0.5) is 4.79 Å². The van der Waals surface area contributed by atoms with Gasteiger partial charge in [-0.2, -0.15) is 0 Å². The number of thioether (sulfide) groups is 1. The summed E-state index contributed by atoms with van der Waals surface area (Å²) in [6.45, 7) is 5.32. The number of nitrogens with one attached hydrogen (secondary N) is 1. The van der Waals surface area contributed by atoms with Crippen LogP contribution in [0.2, 0.25) is 0 Å². The fourth-order valence-corrected chi connectivity index (χ4v) is 3.74. The Hall–Kier alpha value is -1.91. The van der Waals surface area contributed by atoms with Crippen LogP contribution in [0.1, 0.15) is 31.2 Å². The number of allylic oxidation sites excluding steroid dienone is 6. The Balaban J connectivity index is 1.71. The van der Waals surface area contributed by atoms with E-state index in [1.165, 1.54) is 17.3 Å². The van der Waals surface area contributed by atoms with Gasteiger partial charge < -0.3 is 10.1 Å². The Morgan fingerprint density at radius 1 is 1.29 bits per heavy atom. The van der Waals surface area contributed by atoms with Crippen LogP contribution in [0.15, 0.2) is 77.5 Å². The number of hydrogen-bond acceptors (Lipinski definition) is 3. The second-order valence-corrected chi connectivity index (χ2v) is 7.89. The van der Waals surface area contributed by atoms with Crippen LogP contribution in [0.5, 0.6) is 0 Å². The molecule has 0 spiro atoms. The van der Waals surface area contributed by atoms with Gasteiger partial charge in [-0.3, -0.25) is 4.79 Å². The molecule has 0 aliphatic carbocycles. The van der Waals surface area contributed by atoms with Gasteiger partial charge in [-0.25, -0.2) is 0 Å². The first-order valence-corrected chi connectivity index (χ1v) is 11.0. The molecule has 0 atom stereocenters. The summed E-state index contributed by atoms with van der Waals surface area (Å²) in [6.07, 6.45) is 12.7. The van der Waals surface area contributed by atoms with E-state index in [-0.39, 0.29) is 5.24 Å². The van der Waals surface area contributed by atoms with E-state index in [9.17, 15) is 4.79 Å². The molecule has 0 bridgehead atoms. The van der Waals surface area contributed by atoms with E-state index in [2.05, 4.69) is 36.2 Å². The third-order valence-corrected chi connectivity index (χ3v) is 5.40. The van der Waals surface area contributed by atoms with Gasteiger partial charge in [0.25, 0.3) is 5.24 Å². The summed E-state index contributed by atoms with van der Waals surface area (Å²) in [5.41, 5.74) is 2.32. The maximum absolute atomic E-state index is 11.6. The van der Waals surface area contributed by atoms with Gasteiger partial charge in [0.2, 0.25) is 0 Å². The first-order chi connectivity index (χ1) is 13.7. The first kappa shape index (κ1) is 22.4. The number of rotatable bonds is 10. The maximum Gasteiger partial charge on any atom is 0.283 e. The topological polar surface area (TPSA) is 38.3 Å². The fourth-order valence-electron chi connectivity index (χ4n) is 2.71. The number of amides is 1. The van der Waals surface area contributed by atoms with Crippen molar-refractivity contribution in [3.8, 4) is 0 Å². The zero-order valence-corrected chi connectivity index (χ0v) is 17.7. The lowest BCUT2D eigenvalue weighted by Crippen LogP contribution is -2.16. The number of unbranched alkanes of at least 4 members (excludes halogenated alkanes) is 1. The van der Waals surface area contributed by atoms with Crippen molar-refractivity contribution < 1.29 is 9.53 Å². The number of carbonyl (C=O) groups excluding carboxylic acids is 1. The molecule has 0 saturated carbocycles. The van der Waals surface area contributed by atoms with Crippen LogP contribution in [-0.4, -0.2) is 24.3 Å². The van der Waals surface area contributed by atoms with Crippen molar-refractivity contribution in [3.05, 3.63) is 83.0 Å². The minimum absolute atomic E-state index is 0.00209. The minimum atomic E-state index is 0.00209. The number of ether oxygens (including phenoxy) is 1. The number of hydrogen-bond donors (Lipinski definition) is 1. The van der Waals surface area contributed by atoms with Crippen molar-refractivity contribution in [2.75, 3.05) is 19.0 Å². The molecule has 3 nitrogen and oxygen atoms in total. The molecule has 1 aliphatic heterocycles. The number of carbonyl (C=O) groups is 1. The van der Waals surface area contributed by atoms with Crippen molar-refractivity contribution in [2.24, 2.45) is 0 Å². The number of halogens is 1. The van der Waals surface area contributed by atoms with Gasteiger partial charge in [0, 0.05) is 12.4 Å². The molecule has 1 saturated heterocycles. The Morgan fingerprint density at radius 3 is 2.89 bits per heavy atom. The monoisotopic (exact) mass is 417 g/mol. The molecular weight excluding hydrogens is 390 g/mol. The summed E-state index contributed by atoms with van der Waals surface area (Å²) in [4.78, 5) is 12.7. The van der Waals surface area contributed by atoms with E-state index >= 15 is 0 Å². The summed E-state index contributed by atoms with van der Waals surface area (Å²) in [7, 11) is 0. The van der Waals surface area contributed by atoms with E-state index < -0.39 is 0 Å². The zero-order valence-electron chi connectivity index (χ0n) is 16.2. The second kappa shape index (κ2) is 13.3. The third kappa shape index (κ3) is 9.34. The van der Waals surface area contributed by atoms with Crippen LogP contribution >= 0.6 is 23.4 Å². The highest BCUT2D eigenvalue weighted by molar-refractivity contribution is 8.16. The number of aryl methyl sites for hydroxylation is 1. The molecule has 1 aromatic carbocycles. The van der Waals surface area contributed by atoms with Crippen LogP contribution in [0.25, 0.3) is 0 Å².